The number of hydrogen-bond acceptors (Lipinski definition) is 10. The van der Waals surface area contributed by atoms with Gasteiger partial charge in [-0.15, -0.1) is 0 Å². The molecule has 7 atom stereocenters. The molecule has 72 heavy (non-hydrogen) atoms. The van der Waals surface area contributed by atoms with Crippen LogP contribution in [-0.4, -0.2) is 95.4 Å². The summed E-state index contributed by atoms with van der Waals surface area (Å²) in [5.74, 6) is -0.221. The second-order valence-electron chi connectivity index (χ2n) is 22.0. The molecule has 0 saturated carbocycles. The van der Waals surface area contributed by atoms with E-state index in [1.807, 2.05) is 0 Å². The quantitative estimate of drug-likeness (QED) is 0.0251. The van der Waals surface area contributed by atoms with Crippen LogP contribution in [0, 0.1) is 0 Å². The van der Waals surface area contributed by atoms with E-state index in [4.69, 9.17) is 9.47 Å². The second-order valence-corrected chi connectivity index (χ2v) is 23.1. The minimum Gasteiger partial charge on any atom is -0.394 e. The monoisotopic (exact) mass is 1050 g/mol. The number of rotatable bonds is 55. The van der Waals surface area contributed by atoms with Crippen LogP contribution in [0.1, 0.15) is 316 Å². The molecule has 1 amide bonds. The van der Waals surface area contributed by atoms with E-state index in [2.05, 4.69) is 23.3 Å². The Balaban J connectivity index is 2.26. The number of ether oxygens (including phenoxy) is 2. The van der Waals surface area contributed by atoms with Crippen molar-refractivity contribution in [3.05, 3.63) is 0 Å². The smallest absolute Gasteiger partial charge is 0.394 e. The number of aliphatic hydroxyl groups excluding tert-OH is 4. The first-order valence-electron chi connectivity index (χ1n) is 30.9. The highest BCUT2D eigenvalue weighted by Crippen LogP contribution is 2.26. The lowest BCUT2D eigenvalue weighted by Crippen LogP contribution is -2.61. The standard InChI is InChI=1S/C59H117NO11S/c1-3-5-7-9-11-13-15-17-19-21-22-23-24-25-26-27-28-29-30-31-33-35-37-39-41-43-45-47-49-55(63)60-52(51-69-59-57(65)58(71-72(66,67)68)56(64)54(50-61)70-59)53(62)48-46-44-42-40-38-36-34-32-20-18-16-14-12-10-8-6-4-2/h52-54,56-59,61-62,64-65H,3-51H2,1-2H3,(H,60,63)(H,66,67,68). The Morgan fingerprint density at radius 1 is 0.500 bits per heavy atom. The lowest BCUT2D eigenvalue weighted by atomic mass is 9.99. The maximum Gasteiger partial charge on any atom is 0.397 e. The minimum absolute atomic E-state index is 0.221. The number of amides is 1. The zero-order chi connectivity index (χ0) is 52.6. The number of carbonyl (C=O) groups excluding carboxylic acids is 1. The van der Waals surface area contributed by atoms with Gasteiger partial charge in [0.05, 0.1) is 25.4 Å². The molecule has 1 aliphatic heterocycles. The molecule has 1 fully saturated rings. The van der Waals surface area contributed by atoms with Gasteiger partial charge >= 0.3 is 10.4 Å². The Labute approximate surface area is 443 Å². The number of aliphatic hydroxyl groups is 4. The molecular formula is C59H117NO11S. The average Bonchev–Trinajstić information content (AvgIpc) is 3.36. The number of hydrogen-bond donors (Lipinski definition) is 6. The van der Waals surface area contributed by atoms with Gasteiger partial charge in [-0.05, 0) is 12.8 Å². The predicted molar refractivity (Wildman–Crippen MR) is 296 cm³/mol. The van der Waals surface area contributed by atoms with Gasteiger partial charge in [-0.25, -0.2) is 4.18 Å². The fourth-order valence-corrected chi connectivity index (χ4v) is 10.9. The molecule has 430 valence electrons. The summed E-state index contributed by atoms with van der Waals surface area (Å²) >= 11 is 0. The van der Waals surface area contributed by atoms with Crippen molar-refractivity contribution in [1.29, 1.82) is 0 Å². The average molecular weight is 1050 g/mol. The van der Waals surface area contributed by atoms with E-state index in [-0.39, 0.29) is 12.5 Å². The Hall–Kier alpha value is -0.900. The van der Waals surface area contributed by atoms with Crippen LogP contribution in [0.4, 0.5) is 0 Å². The summed E-state index contributed by atoms with van der Waals surface area (Å²) in [5.41, 5.74) is 0. The van der Waals surface area contributed by atoms with Crippen LogP contribution in [0.3, 0.4) is 0 Å². The molecule has 1 aliphatic rings. The van der Waals surface area contributed by atoms with Gasteiger partial charge in [0.1, 0.15) is 24.4 Å². The van der Waals surface area contributed by atoms with Crippen molar-refractivity contribution in [2.24, 2.45) is 0 Å². The maximum atomic E-state index is 13.2. The fourth-order valence-electron chi connectivity index (χ4n) is 10.4. The summed E-state index contributed by atoms with van der Waals surface area (Å²) in [7, 11) is -5.08. The van der Waals surface area contributed by atoms with Gasteiger partial charge in [0.15, 0.2) is 6.29 Å². The molecule has 7 unspecified atom stereocenters. The third kappa shape index (κ3) is 41.3. The summed E-state index contributed by atoms with van der Waals surface area (Å²) < 4.78 is 48.0. The summed E-state index contributed by atoms with van der Waals surface area (Å²) in [6.45, 7) is 3.51. The second kappa shape index (κ2) is 49.7. The Bertz CT molecular complexity index is 1280. The molecule has 0 spiro atoms. The zero-order valence-corrected chi connectivity index (χ0v) is 47.6. The van der Waals surface area contributed by atoms with Crippen LogP contribution in [-0.2, 0) is 28.9 Å². The molecule has 0 bridgehead atoms. The van der Waals surface area contributed by atoms with E-state index in [9.17, 15) is 38.2 Å². The SMILES string of the molecule is CCCCCCCCCCCCCCCCCCCCCCCCCCCCCCC(=O)NC(COC1OC(CO)C(O)C(OS(=O)(=O)O)C1O)C(O)CCCCCCCCCCCCCCCCCCC. The van der Waals surface area contributed by atoms with Crippen molar-refractivity contribution < 1.29 is 51.8 Å². The molecule has 1 rings (SSSR count). The Morgan fingerprint density at radius 3 is 1.11 bits per heavy atom. The van der Waals surface area contributed by atoms with E-state index in [0.717, 1.165) is 51.4 Å². The van der Waals surface area contributed by atoms with Crippen LogP contribution >= 0.6 is 0 Å². The third-order valence-corrected chi connectivity index (χ3v) is 15.6. The molecule has 0 aliphatic carbocycles. The molecule has 6 N–H and O–H groups in total. The van der Waals surface area contributed by atoms with Gasteiger partial charge in [0, 0.05) is 6.42 Å². The molecule has 1 heterocycles. The van der Waals surface area contributed by atoms with Gasteiger partial charge in [-0.3, -0.25) is 9.35 Å². The van der Waals surface area contributed by atoms with Crippen molar-refractivity contribution in [3.8, 4) is 0 Å². The largest absolute Gasteiger partial charge is 0.397 e. The third-order valence-electron chi connectivity index (χ3n) is 15.2. The molecule has 12 nitrogen and oxygen atoms in total. The predicted octanol–water partition coefficient (Wildman–Crippen LogP) is 14.9. The first kappa shape index (κ1) is 69.1. The van der Waals surface area contributed by atoms with Crippen molar-refractivity contribution in [2.75, 3.05) is 13.2 Å². The normalized spacial score (nSPS) is 19.2. The van der Waals surface area contributed by atoms with Crippen molar-refractivity contribution in [2.45, 2.75) is 358 Å². The molecular weight excluding hydrogens is 931 g/mol. The topological polar surface area (TPSA) is 192 Å². The van der Waals surface area contributed by atoms with E-state index in [1.54, 1.807) is 0 Å². The summed E-state index contributed by atoms with van der Waals surface area (Å²) in [6.07, 6.45) is 49.8. The number of carbonyl (C=O) groups is 1. The van der Waals surface area contributed by atoms with Gasteiger partial charge in [0.2, 0.25) is 5.91 Å². The molecule has 0 aromatic carbocycles. The summed E-state index contributed by atoms with van der Waals surface area (Å²) in [5, 5.41) is 45.2. The van der Waals surface area contributed by atoms with Crippen LogP contribution in [0.2, 0.25) is 0 Å². The first-order valence-corrected chi connectivity index (χ1v) is 32.3. The molecule has 0 radical (unpaired) electrons. The Morgan fingerprint density at radius 2 is 0.806 bits per heavy atom. The van der Waals surface area contributed by atoms with Crippen LogP contribution in [0.25, 0.3) is 0 Å². The van der Waals surface area contributed by atoms with Gasteiger partial charge in [-0.1, -0.05) is 296 Å². The fraction of sp³-hybridized carbons (Fsp3) is 0.983. The molecule has 0 aromatic heterocycles. The van der Waals surface area contributed by atoms with Crippen LogP contribution in [0.5, 0.6) is 0 Å². The van der Waals surface area contributed by atoms with E-state index in [0.29, 0.717) is 12.8 Å². The van der Waals surface area contributed by atoms with Gasteiger partial charge in [-0.2, -0.15) is 8.42 Å². The molecule has 13 heteroatoms. The maximum absolute atomic E-state index is 13.2. The first-order chi connectivity index (χ1) is 35.0. The van der Waals surface area contributed by atoms with Gasteiger partial charge in [0.25, 0.3) is 0 Å². The number of nitrogens with one attached hydrogen (secondary N) is 1. The molecule has 0 aromatic rings. The van der Waals surface area contributed by atoms with E-state index < -0.39 is 59.9 Å². The molecule has 1 saturated heterocycles. The summed E-state index contributed by atoms with van der Waals surface area (Å²) in [6, 6.07) is -0.853. The number of unbranched alkanes of at least 4 members (excludes halogenated alkanes) is 43. The highest BCUT2D eigenvalue weighted by Gasteiger charge is 2.48. The van der Waals surface area contributed by atoms with E-state index >= 15 is 0 Å². The van der Waals surface area contributed by atoms with Crippen molar-refractivity contribution in [1.82, 2.24) is 5.32 Å². The highest BCUT2D eigenvalue weighted by atomic mass is 32.3. The summed E-state index contributed by atoms with van der Waals surface area (Å²) in [4.78, 5) is 13.2. The van der Waals surface area contributed by atoms with Crippen LogP contribution in [0.15, 0.2) is 0 Å². The van der Waals surface area contributed by atoms with Crippen molar-refractivity contribution in [3.63, 3.8) is 0 Å². The van der Waals surface area contributed by atoms with Gasteiger partial charge < -0.3 is 35.2 Å². The lowest BCUT2D eigenvalue weighted by molar-refractivity contribution is -0.298. The minimum atomic E-state index is -5.08. The Kier molecular flexibility index (Phi) is 47.7. The van der Waals surface area contributed by atoms with Crippen molar-refractivity contribution >= 4 is 16.3 Å². The lowest BCUT2D eigenvalue weighted by Gasteiger charge is -2.41. The van der Waals surface area contributed by atoms with E-state index in [1.165, 1.54) is 238 Å². The highest BCUT2D eigenvalue weighted by molar-refractivity contribution is 7.80. The zero-order valence-electron chi connectivity index (χ0n) is 46.8. The van der Waals surface area contributed by atoms with Crippen LogP contribution < -0.4 is 5.32 Å².